The molecule has 0 aromatic heterocycles. The number of carbonyl (C=O) groups is 1. The molecule has 4 heteroatoms. The highest BCUT2D eigenvalue weighted by atomic mass is 16.5. The molecule has 1 fully saturated rings. The quantitative estimate of drug-likeness (QED) is 0.783. The molecule has 1 aromatic rings. The number of rotatable bonds is 6. The van der Waals surface area contributed by atoms with Crippen LogP contribution in [0, 0.1) is 0 Å². The van der Waals surface area contributed by atoms with Crippen molar-refractivity contribution in [2.24, 2.45) is 0 Å². The fraction of sp³-hybridized carbons (Fsp3) is 0.357. The predicted molar refractivity (Wildman–Crippen MR) is 69.2 cm³/mol. The number of nitrogens with one attached hydrogen (secondary N) is 1. The van der Waals surface area contributed by atoms with E-state index in [1.54, 1.807) is 31.4 Å². The van der Waals surface area contributed by atoms with Gasteiger partial charge >= 0.3 is 0 Å². The van der Waals surface area contributed by atoms with Crippen LogP contribution < -0.4 is 14.8 Å². The molecule has 1 amide bonds. The van der Waals surface area contributed by atoms with Gasteiger partial charge in [0, 0.05) is 11.6 Å². The van der Waals surface area contributed by atoms with Crippen LogP contribution in [0.15, 0.2) is 30.9 Å². The Morgan fingerprint density at radius 2 is 2.28 bits per heavy atom. The molecule has 0 heterocycles. The molecule has 0 unspecified atom stereocenters. The molecule has 1 saturated carbocycles. The third kappa shape index (κ3) is 3.03. The molecule has 2 rings (SSSR count). The van der Waals surface area contributed by atoms with Gasteiger partial charge in [0.15, 0.2) is 11.5 Å². The van der Waals surface area contributed by atoms with Crippen LogP contribution in [0.4, 0.5) is 0 Å². The Labute approximate surface area is 107 Å². The van der Waals surface area contributed by atoms with Crippen LogP contribution >= 0.6 is 0 Å². The molecule has 1 aliphatic carbocycles. The molecular weight excluding hydrogens is 230 g/mol. The lowest BCUT2D eigenvalue weighted by atomic mass is 10.2. The highest BCUT2D eigenvalue weighted by Gasteiger charge is 2.24. The molecule has 96 valence electrons. The van der Waals surface area contributed by atoms with E-state index in [1.165, 1.54) is 0 Å². The summed E-state index contributed by atoms with van der Waals surface area (Å²) in [5, 5.41) is 2.93. The third-order valence-corrected chi connectivity index (χ3v) is 2.70. The first-order valence-electron chi connectivity index (χ1n) is 5.97. The predicted octanol–water partition coefficient (Wildman–Crippen LogP) is 2.15. The maximum absolute atomic E-state index is 11.9. The van der Waals surface area contributed by atoms with Gasteiger partial charge in [-0.2, -0.15) is 0 Å². The summed E-state index contributed by atoms with van der Waals surface area (Å²) in [6.45, 7) is 3.99. The van der Waals surface area contributed by atoms with E-state index in [1.807, 2.05) is 0 Å². The zero-order valence-electron chi connectivity index (χ0n) is 10.4. The smallest absolute Gasteiger partial charge is 0.251 e. The van der Waals surface area contributed by atoms with Gasteiger partial charge in [-0.1, -0.05) is 12.7 Å². The van der Waals surface area contributed by atoms with Gasteiger partial charge in [-0.25, -0.2) is 0 Å². The van der Waals surface area contributed by atoms with Crippen LogP contribution in [0.5, 0.6) is 11.5 Å². The minimum Gasteiger partial charge on any atom is -0.493 e. The SMILES string of the molecule is C=CCOc1ccc(C(=O)NC2CC2)cc1OC. The lowest BCUT2D eigenvalue weighted by Gasteiger charge is -2.11. The minimum absolute atomic E-state index is 0.0638. The fourth-order valence-electron chi connectivity index (χ4n) is 1.57. The van der Waals surface area contributed by atoms with E-state index in [4.69, 9.17) is 9.47 Å². The fourth-order valence-corrected chi connectivity index (χ4v) is 1.57. The molecule has 0 atom stereocenters. The third-order valence-electron chi connectivity index (χ3n) is 2.70. The van der Waals surface area contributed by atoms with Crippen LogP contribution in [-0.2, 0) is 0 Å². The van der Waals surface area contributed by atoms with E-state index in [0.29, 0.717) is 29.7 Å². The largest absolute Gasteiger partial charge is 0.493 e. The van der Waals surface area contributed by atoms with Crippen molar-refractivity contribution in [3.05, 3.63) is 36.4 Å². The molecule has 0 spiro atoms. The second-order valence-corrected chi connectivity index (χ2v) is 4.21. The summed E-state index contributed by atoms with van der Waals surface area (Å²) < 4.78 is 10.6. The Kier molecular flexibility index (Phi) is 3.87. The van der Waals surface area contributed by atoms with Crippen molar-refractivity contribution in [1.29, 1.82) is 0 Å². The summed E-state index contributed by atoms with van der Waals surface area (Å²) >= 11 is 0. The molecule has 1 aliphatic rings. The summed E-state index contributed by atoms with van der Waals surface area (Å²) in [6, 6.07) is 5.51. The molecule has 1 aromatic carbocycles. The van der Waals surface area contributed by atoms with E-state index in [9.17, 15) is 4.79 Å². The molecule has 1 N–H and O–H groups in total. The Morgan fingerprint density at radius 1 is 1.50 bits per heavy atom. The normalized spacial score (nSPS) is 13.8. The first-order valence-corrected chi connectivity index (χ1v) is 5.97. The van der Waals surface area contributed by atoms with Crippen molar-refractivity contribution in [2.75, 3.05) is 13.7 Å². The van der Waals surface area contributed by atoms with Crippen molar-refractivity contribution in [1.82, 2.24) is 5.32 Å². The number of benzene rings is 1. The van der Waals surface area contributed by atoms with Crippen molar-refractivity contribution in [3.63, 3.8) is 0 Å². The van der Waals surface area contributed by atoms with Crippen molar-refractivity contribution in [2.45, 2.75) is 18.9 Å². The van der Waals surface area contributed by atoms with Crippen LogP contribution in [0.1, 0.15) is 23.2 Å². The van der Waals surface area contributed by atoms with Gasteiger partial charge in [0.25, 0.3) is 5.91 Å². The Morgan fingerprint density at radius 3 is 2.89 bits per heavy atom. The molecule has 4 nitrogen and oxygen atoms in total. The topological polar surface area (TPSA) is 47.6 Å². The lowest BCUT2D eigenvalue weighted by molar-refractivity contribution is 0.0950. The Hall–Kier alpha value is -1.97. The molecule has 0 bridgehead atoms. The van der Waals surface area contributed by atoms with E-state index < -0.39 is 0 Å². The highest BCUT2D eigenvalue weighted by Crippen LogP contribution is 2.28. The number of hydrogen-bond acceptors (Lipinski definition) is 3. The van der Waals surface area contributed by atoms with Crippen LogP contribution in [0.25, 0.3) is 0 Å². The summed E-state index contributed by atoms with van der Waals surface area (Å²) in [4.78, 5) is 11.9. The van der Waals surface area contributed by atoms with Gasteiger partial charge < -0.3 is 14.8 Å². The number of hydrogen-bond donors (Lipinski definition) is 1. The van der Waals surface area contributed by atoms with E-state index in [2.05, 4.69) is 11.9 Å². The molecule has 0 radical (unpaired) electrons. The monoisotopic (exact) mass is 247 g/mol. The van der Waals surface area contributed by atoms with Gasteiger partial charge in [-0.15, -0.1) is 0 Å². The molecule has 18 heavy (non-hydrogen) atoms. The van der Waals surface area contributed by atoms with E-state index in [0.717, 1.165) is 12.8 Å². The van der Waals surface area contributed by atoms with Gasteiger partial charge in [0.05, 0.1) is 7.11 Å². The maximum atomic E-state index is 11.9. The van der Waals surface area contributed by atoms with E-state index in [-0.39, 0.29) is 5.91 Å². The van der Waals surface area contributed by atoms with Crippen molar-refractivity contribution >= 4 is 5.91 Å². The van der Waals surface area contributed by atoms with Crippen LogP contribution in [0.2, 0.25) is 0 Å². The summed E-state index contributed by atoms with van der Waals surface area (Å²) in [5.41, 5.74) is 0.588. The first-order chi connectivity index (χ1) is 8.74. The number of methoxy groups -OCH3 is 1. The Bertz CT molecular complexity index is 452. The van der Waals surface area contributed by atoms with Crippen LogP contribution in [0.3, 0.4) is 0 Å². The zero-order chi connectivity index (χ0) is 13.0. The van der Waals surface area contributed by atoms with Gasteiger partial charge in [-0.05, 0) is 31.0 Å². The zero-order valence-corrected chi connectivity index (χ0v) is 10.4. The molecular formula is C14H17NO3. The molecule has 0 saturated heterocycles. The number of amides is 1. The average molecular weight is 247 g/mol. The van der Waals surface area contributed by atoms with E-state index >= 15 is 0 Å². The van der Waals surface area contributed by atoms with Crippen LogP contribution in [-0.4, -0.2) is 25.7 Å². The minimum atomic E-state index is -0.0638. The number of carbonyl (C=O) groups excluding carboxylic acids is 1. The number of ether oxygens (including phenoxy) is 2. The standard InChI is InChI=1S/C14H17NO3/c1-3-8-18-12-7-4-10(9-13(12)17-2)14(16)15-11-5-6-11/h3-4,7,9,11H,1,5-6,8H2,2H3,(H,15,16). The summed E-state index contributed by atoms with van der Waals surface area (Å²) in [5.74, 6) is 1.10. The van der Waals surface area contributed by atoms with Gasteiger partial charge in [0.2, 0.25) is 0 Å². The molecule has 0 aliphatic heterocycles. The first kappa shape index (κ1) is 12.5. The second kappa shape index (κ2) is 5.58. The van der Waals surface area contributed by atoms with Gasteiger partial charge in [-0.3, -0.25) is 4.79 Å². The summed E-state index contributed by atoms with van der Waals surface area (Å²) in [6.07, 6.45) is 3.81. The van der Waals surface area contributed by atoms with Gasteiger partial charge in [0.1, 0.15) is 6.61 Å². The lowest BCUT2D eigenvalue weighted by Crippen LogP contribution is -2.25. The highest BCUT2D eigenvalue weighted by molar-refractivity contribution is 5.95. The van der Waals surface area contributed by atoms with Crippen molar-refractivity contribution in [3.8, 4) is 11.5 Å². The second-order valence-electron chi connectivity index (χ2n) is 4.21. The average Bonchev–Trinajstić information content (AvgIpc) is 3.19. The van der Waals surface area contributed by atoms with Crippen molar-refractivity contribution < 1.29 is 14.3 Å². The Balaban J connectivity index is 2.11. The maximum Gasteiger partial charge on any atom is 0.251 e. The summed E-state index contributed by atoms with van der Waals surface area (Å²) in [7, 11) is 1.55.